The molecule has 0 bridgehead atoms. The van der Waals surface area contributed by atoms with Crippen LogP contribution in [0.3, 0.4) is 0 Å². The van der Waals surface area contributed by atoms with E-state index in [1.807, 2.05) is 42.5 Å². The van der Waals surface area contributed by atoms with Crippen molar-refractivity contribution < 1.29 is 14.3 Å². The molecule has 0 aromatic heterocycles. The fraction of sp³-hybridized carbons (Fsp3) is 0.391. The molecular formula is C23H26ClNO3. The van der Waals surface area contributed by atoms with Crippen molar-refractivity contribution in [1.82, 2.24) is 5.32 Å². The van der Waals surface area contributed by atoms with Gasteiger partial charge in [-0.15, -0.1) is 0 Å². The smallest absolute Gasteiger partial charge is 0.317 e. The summed E-state index contributed by atoms with van der Waals surface area (Å²) in [4.78, 5) is 25.1. The van der Waals surface area contributed by atoms with Gasteiger partial charge in [0.05, 0.1) is 5.41 Å². The van der Waals surface area contributed by atoms with Crippen molar-refractivity contribution in [2.24, 2.45) is 0 Å². The van der Waals surface area contributed by atoms with E-state index in [0.29, 0.717) is 11.6 Å². The van der Waals surface area contributed by atoms with Gasteiger partial charge in [0.15, 0.2) is 6.61 Å². The van der Waals surface area contributed by atoms with Gasteiger partial charge in [0.2, 0.25) is 0 Å². The van der Waals surface area contributed by atoms with Crippen LogP contribution in [0.25, 0.3) is 0 Å². The first-order valence-electron chi connectivity index (χ1n) is 9.76. The number of ether oxygens (including phenoxy) is 1. The summed E-state index contributed by atoms with van der Waals surface area (Å²) in [6, 6.07) is 17.4. The minimum atomic E-state index is -0.664. The van der Waals surface area contributed by atoms with Gasteiger partial charge in [-0.05, 0) is 42.0 Å². The number of carbonyl (C=O) groups is 2. The third-order valence-electron chi connectivity index (χ3n) is 5.55. The first-order chi connectivity index (χ1) is 13.5. The highest BCUT2D eigenvalue weighted by Gasteiger charge is 2.44. The van der Waals surface area contributed by atoms with E-state index in [0.717, 1.165) is 36.8 Å². The Hall–Kier alpha value is -2.33. The second-order valence-electron chi connectivity index (χ2n) is 7.49. The monoisotopic (exact) mass is 399 g/mol. The van der Waals surface area contributed by atoms with Gasteiger partial charge in [-0.1, -0.05) is 73.8 Å². The summed E-state index contributed by atoms with van der Waals surface area (Å²) >= 11 is 5.98. The molecule has 0 radical (unpaired) electrons. The van der Waals surface area contributed by atoms with Crippen molar-refractivity contribution in [3.63, 3.8) is 0 Å². The summed E-state index contributed by atoms with van der Waals surface area (Å²) in [6.45, 7) is 2.30. The normalized spacial score (nSPS) is 16.4. The van der Waals surface area contributed by atoms with Crippen molar-refractivity contribution in [1.29, 1.82) is 0 Å². The number of esters is 1. The molecule has 0 aliphatic heterocycles. The highest BCUT2D eigenvalue weighted by molar-refractivity contribution is 6.30. The zero-order valence-electron chi connectivity index (χ0n) is 16.1. The molecule has 0 saturated heterocycles. The zero-order chi connectivity index (χ0) is 20.0. The van der Waals surface area contributed by atoms with E-state index < -0.39 is 5.41 Å². The van der Waals surface area contributed by atoms with Crippen molar-refractivity contribution in [3.05, 3.63) is 70.7 Å². The van der Waals surface area contributed by atoms with Crippen LogP contribution in [-0.2, 0) is 19.7 Å². The number of rotatable bonds is 7. The van der Waals surface area contributed by atoms with E-state index >= 15 is 0 Å². The number of hydrogen-bond donors (Lipinski definition) is 1. The molecule has 0 spiro atoms. The number of carbonyl (C=O) groups excluding carboxylic acids is 2. The molecule has 4 nitrogen and oxygen atoms in total. The highest BCUT2D eigenvalue weighted by Crippen LogP contribution is 2.42. The molecule has 1 atom stereocenters. The molecule has 1 aliphatic carbocycles. The standard InChI is InChI=1S/C23H26ClNO3/c1-17(18-7-3-2-4-8-18)15-25-21(26)16-28-22(27)23(13-5-6-14-23)19-9-11-20(24)12-10-19/h2-4,7-12,17H,5-6,13-16H2,1H3,(H,25,26)/t17-/m0/s1. The van der Waals surface area contributed by atoms with E-state index in [1.165, 1.54) is 0 Å². The Balaban J connectivity index is 1.54. The van der Waals surface area contributed by atoms with Gasteiger partial charge in [-0.2, -0.15) is 0 Å². The molecule has 1 amide bonds. The van der Waals surface area contributed by atoms with Crippen molar-refractivity contribution in [2.45, 2.75) is 43.9 Å². The van der Waals surface area contributed by atoms with Gasteiger partial charge in [-0.3, -0.25) is 9.59 Å². The fourth-order valence-corrected chi connectivity index (χ4v) is 3.97. The second kappa shape index (κ2) is 9.24. The summed E-state index contributed by atoms with van der Waals surface area (Å²) in [7, 11) is 0. The van der Waals surface area contributed by atoms with Gasteiger partial charge in [0.1, 0.15) is 0 Å². The Morgan fingerprint density at radius 2 is 1.71 bits per heavy atom. The summed E-state index contributed by atoms with van der Waals surface area (Å²) < 4.78 is 5.43. The van der Waals surface area contributed by atoms with Gasteiger partial charge in [0.25, 0.3) is 5.91 Å². The molecule has 0 unspecified atom stereocenters. The first-order valence-corrected chi connectivity index (χ1v) is 10.1. The molecule has 1 N–H and O–H groups in total. The number of hydrogen-bond acceptors (Lipinski definition) is 3. The SMILES string of the molecule is C[C@@H](CNC(=O)COC(=O)C1(c2ccc(Cl)cc2)CCCC1)c1ccccc1. The number of amides is 1. The van der Waals surface area contributed by atoms with Crippen LogP contribution < -0.4 is 5.32 Å². The molecule has 1 fully saturated rings. The Morgan fingerprint density at radius 3 is 2.36 bits per heavy atom. The van der Waals surface area contributed by atoms with E-state index in [4.69, 9.17) is 16.3 Å². The maximum atomic E-state index is 12.9. The number of nitrogens with one attached hydrogen (secondary N) is 1. The predicted octanol–water partition coefficient (Wildman–Crippen LogP) is 4.61. The quantitative estimate of drug-likeness (QED) is 0.691. The topological polar surface area (TPSA) is 55.4 Å². The minimum absolute atomic E-state index is 0.191. The second-order valence-corrected chi connectivity index (χ2v) is 7.92. The average Bonchev–Trinajstić information content (AvgIpc) is 3.22. The molecule has 148 valence electrons. The Morgan fingerprint density at radius 1 is 1.07 bits per heavy atom. The minimum Gasteiger partial charge on any atom is -0.455 e. The zero-order valence-corrected chi connectivity index (χ0v) is 16.9. The van der Waals surface area contributed by atoms with Crippen LogP contribution in [-0.4, -0.2) is 25.0 Å². The Bertz CT molecular complexity index is 798. The van der Waals surface area contributed by atoms with Crippen molar-refractivity contribution >= 4 is 23.5 Å². The third kappa shape index (κ3) is 4.74. The lowest BCUT2D eigenvalue weighted by atomic mass is 9.79. The maximum absolute atomic E-state index is 12.9. The number of halogens is 1. The van der Waals surface area contributed by atoms with E-state index in [-0.39, 0.29) is 24.4 Å². The van der Waals surface area contributed by atoms with Gasteiger partial charge >= 0.3 is 5.97 Å². The fourth-order valence-electron chi connectivity index (χ4n) is 3.84. The molecule has 0 heterocycles. The molecule has 3 rings (SSSR count). The summed E-state index contributed by atoms with van der Waals surface area (Å²) in [6.07, 6.45) is 3.41. The van der Waals surface area contributed by atoms with Gasteiger partial charge in [-0.25, -0.2) is 0 Å². The molecule has 2 aromatic rings. The van der Waals surface area contributed by atoms with Crippen molar-refractivity contribution in [3.8, 4) is 0 Å². The van der Waals surface area contributed by atoms with E-state index in [9.17, 15) is 9.59 Å². The van der Waals surface area contributed by atoms with Crippen molar-refractivity contribution in [2.75, 3.05) is 13.2 Å². The lowest BCUT2D eigenvalue weighted by Crippen LogP contribution is -2.38. The van der Waals surface area contributed by atoms with Crippen LogP contribution in [0.15, 0.2) is 54.6 Å². The Kier molecular flexibility index (Phi) is 6.74. The highest BCUT2D eigenvalue weighted by atomic mass is 35.5. The van der Waals surface area contributed by atoms with Gasteiger partial charge in [0, 0.05) is 11.6 Å². The molecule has 5 heteroatoms. The van der Waals surface area contributed by atoms with E-state index in [1.54, 1.807) is 12.1 Å². The van der Waals surface area contributed by atoms with Crippen LogP contribution in [0.5, 0.6) is 0 Å². The predicted molar refractivity (Wildman–Crippen MR) is 110 cm³/mol. The number of benzene rings is 2. The van der Waals surface area contributed by atoms with Crippen LogP contribution in [0, 0.1) is 0 Å². The van der Waals surface area contributed by atoms with Crippen LogP contribution in [0.4, 0.5) is 0 Å². The largest absolute Gasteiger partial charge is 0.455 e. The average molecular weight is 400 g/mol. The summed E-state index contributed by atoms with van der Waals surface area (Å²) in [5.41, 5.74) is 1.41. The molecule has 1 aliphatic rings. The van der Waals surface area contributed by atoms with Crippen LogP contribution in [0.2, 0.25) is 5.02 Å². The lowest BCUT2D eigenvalue weighted by Gasteiger charge is -2.27. The summed E-state index contributed by atoms with van der Waals surface area (Å²) in [5.74, 6) is -0.407. The molecular weight excluding hydrogens is 374 g/mol. The Labute approximate surface area is 171 Å². The summed E-state index contributed by atoms with van der Waals surface area (Å²) in [5, 5.41) is 3.49. The lowest BCUT2D eigenvalue weighted by molar-refractivity contribution is -0.154. The maximum Gasteiger partial charge on any atom is 0.317 e. The molecule has 2 aromatic carbocycles. The van der Waals surface area contributed by atoms with Gasteiger partial charge < -0.3 is 10.1 Å². The van der Waals surface area contributed by atoms with E-state index in [2.05, 4.69) is 12.2 Å². The first kappa shape index (κ1) is 20.4. The third-order valence-corrected chi connectivity index (χ3v) is 5.81. The molecule has 1 saturated carbocycles. The van der Waals surface area contributed by atoms with Crippen LogP contribution in [0.1, 0.15) is 49.7 Å². The molecule has 28 heavy (non-hydrogen) atoms. The van der Waals surface area contributed by atoms with Crippen LogP contribution >= 0.6 is 11.6 Å².